The van der Waals surface area contributed by atoms with Crippen molar-refractivity contribution in [3.05, 3.63) is 29.8 Å². The Kier molecular flexibility index (Phi) is 6.18. The van der Waals surface area contributed by atoms with Crippen LogP contribution in [-0.2, 0) is 11.3 Å². The van der Waals surface area contributed by atoms with E-state index >= 15 is 0 Å². The number of benzene rings is 1. The highest BCUT2D eigenvalue weighted by Crippen LogP contribution is 2.12. The number of rotatable bonds is 7. The molecule has 0 bridgehead atoms. The minimum absolute atomic E-state index is 0.00328. The molecule has 5 heteroatoms. The van der Waals surface area contributed by atoms with Crippen molar-refractivity contribution in [3.63, 3.8) is 0 Å². The lowest BCUT2D eigenvalue weighted by atomic mass is 10.2. The van der Waals surface area contributed by atoms with Crippen molar-refractivity contribution in [1.29, 1.82) is 0 Å². The number of amides is 1. The van der Waals surface area contributed by atoms with Crippen LogP contribution >= 0.6 is 0 Å². The Bertz CT molecular complexity index is 365. The lowest BCUT2D eigenvalue weighted by molar-refractivity contribution is -0.122. The lowest BCUT2D eigenvalue weighted by Crippen LogP contribution is -2.37. The number of methoxy groups -OCH3 is 1. The molecule has 0 saturated carbocycles. The van der Waals surface area contributed by atoms with Gasteiger partial charge in [0.05, 0.1) is 13.7 Å². The van der Waals surface area contributed by atoms with Crippen LogP contribution in [-0.4, -0.2) is 44.6 Å². The summed E-state index contributed by atoms with van der Waals surface area (Å²) in [5, 5.41) is 2.74. The van der Waals surface area contributed by atoms with Crippen LogP contribution in [0.15, 0.2) is 24.3 Å². The molecule has 1 rings (SSSR count). The second kappa shape index (κ2) is 7.68. The molecule has 0 radical (unpaired) electrons. The minimum atomic E-state index is -0.00328. The molecule has 100 valence electrons. The van der Waals surface area contributed by atoms with Gasteiger partial charge < -0.3 is 15.8 Å². The van der Waals surface area contributed by atoms with E-state index in [1.807, 2.05) is 36.2 Å². The Balaban J connectivity index is 2.38. The number of likely N-dealkylation sites (N-methyl/N-ethyl adjacent to an activating group) is 1. The Morgan fingerprint density at radius 1 is 1.39 bits per heavy atom. The molecule has 5 nitrogen and oxygen atoms in total. The Labute approximate surface area is 108 Å². The summed E-state index contributed by atoms with van der Waals surface area (Å²) in [6.45, 7) is 2.08. The molecule has 1 amide bonds. The minimum Gasteiger partial charge on any atom is -0.497 e. The summed E-state index contributed by atoms with van der Waals surface area (Å²) >= 11 is 0. The molecule has 0 aliphatic carbocycles. The molecule has 18 heavy (non-hydrogen) atoms. The summed E-state index contributed by atoms with van der Waals surface area (Å²) in [7, 11) is 3.55. The summed E-state index contributed by atoms with van der Waals surface area (Å²) in [5.74, 6) is 0.832. The largest absolute Gasteiger partial charge is 0.497 e. The van der Waals surface area contributed by atoms with Crippen LogP contribution in [0, 0.1) is 0 Å². The van der Waals surface area contributed by atoms with E-state index in [0.717, 1.165) is 17.9 Å². The smallest absolute Gasteiger partial charge is 0.234 e. The highest BCUT2D eigenvalue weighted by atomic mass is 16.5. The maximum absolute atomic E-state index is 11.5. The van der Waals surface area contributed by atoms with Gasteiger partial charge in [0.25, 0.3) is 0 Å². The fourth-order valence-corrected chi connectivity index (χ4v) is 1.61. The van der Waals surface area contributed by atoms with Crippen LogP contribution in [0.3, 0.4) is 0 Å². The van der Waals surface area contributed by atoms with Gasteiger partial charge in [-0.2, -0.15) is 0 Å². The summed E-state index contributed by atoms with van der Waals surface area (Å²) < 4.78 is 5.09. The molecule has 0 aromatic heterocycles. The normalized spacial score (nSPS) is 10.4. The number of nitrogens with zero attached hydrogens (tertiary/aromatic N) is 1. The van der Waals surface area contributed by atoms with Gasteiger partial charge in [0.1, 0.15) is 5.75 Å². The van der Waals surface area contributed by atoms with Gasteiger partial charge in [0, 0.05) is 19.6 Å². The maximum atomic E-state index is 11.5. The first-order valence-corrected chi connectivity index (χ1v) is 5.94. The maximum Gasteiger partial charge on any atom is 0.234 e. The van der Waals surface area contributed by atoms with Gasteiger partial charge in [-0.1, -0.05) is 12.1 Å². The quantitative estimate of drug-likeness (QED) is 0.726. The zero-order valence-electron chi connectivity index (χ0n) is 11.0. The molecule has 0 spiro atoms. The molecular weight excluding hydrogens is 230 g/mol. The average Bonchev–Trinajstić information content (AvgIpc) is 2.37. The molecular formula is C13H21N3O2. The van der Waals surface area contributed by atoms with Crippen molar-refractivity contribution >= 4 is 5.91 Å². The molecule has 0 fully saturated rings. The Hall–Kier alpha value is -1.59. The van der Waals surface area contributed by atoms with E-state index < -0.39 is 0 Å². The first-order valence-electron chi connectivity index (χ1n) is 5.94. The van der Waals surface area contributed by atoms with Gasteiger partial charge >= 0.3 is 0 Å². The fraction of sp³-hybridized carbons (Fsp3) is 0.462. The molecule has 0 atom stereocenters. The number of hydrogen-bond donors (Lipinski definition) is 2. The zero-order chi connectivity index (χ0) is 13.4. The van der Waals surface area contributed by atoms with Crippen molar-refractivity contribution in [2.24, 2.45) is 5.73 Å². The monoisotopic (exact) mass is 251 g/mol. The van der Waals surface area contributed by atoms with Crippen LogP contribution < -0.4 is 15.8 Å². The number of carbonyl (C=O) groups is 1. The first kappa shape index (κ1) is 14.5. The Morgan fingerprint density at radius 2 is 2.06 bits per heavy atom. The van der Waals surface area contributed by atoms with Crippen LogP contribution in [0.1, 0.15) is 5.56 Å². The van der Waals surface area contributed by atoms with E-state index in [0.29, 0.717) is 19.6 Å². The van der Waals surface area contributed by atoms with Crippen LogP contribution in [0.2, 0.25) is 0 Å². The number of hydrogen-bond acceptors (Lipinski definition) is 4. The molecule has 0 unspecified atom stereocenters. The molecule has 1 aromatic carbocycles. The third-order valence-electron chi connectivity index (χ3n) is 2.49. The zero-order valence-corrected chi connectivity index (χ0v) is 11.0. The highest BCUT2D eigenvalue weighted by Gasteiger charge is 2.06. The summed E-state index contributed by atoms with van der Waals surface area (Å²) in [4.78, 5) is 13.4. The average molecular weight is 251 g/mol. The highest BCUT2D eigenvalue weighted by molar-refractivity contribution is 5.77. The third-order valence-corrected chi connectivity index (χ3v) is 2.49. The van der Waals surface area contributed by atoms with Gasteiger partial charge in [-0.05, 0) is 24.7 Å². The van der Waals surface area contributed by atoms with Crippen molar-refractivity contribution in [2.75, 3.05) is 33.8 Å². The van der Waals surface area contributed by atoms with Crippen molar-refractivity contribution in [2.45, 2.75) is 6.54 Å². The van der Waals surface area contributed by atoms with E-state index in [-0.39, 0.29) is 5.91 Å². The molecule has 0 aliphatic heterocycles. The number of carbonyl (C=O) groups excluding carboxylic acids is 1. The van der Waals surface area contributed by atoms with E-state index in [2.05, 4.69) is 5.32 Å². The van der Waals surface area contributed by atoms with E-state index in [9.17, 15) is 4.79 Å². The van der Waals surface area contributed by atoms with Crippen molar-refractivity contribution in [3.8, 4) is 5.75 Å². The van der Waals surface area contributed by atoms with E-state index in [1.54, 1.807) is 7.11 Å². The SMILES string of the molecule is COc1ccc(CN(C)CC(=O)NCCN)cc1. The van der Waals surface area contributed by atoms with Crippen LogP contribution in [0.25, 0.3) is 0 Å². The van der Waals surface area contributed by atoms with Gasteiger partial charge in [0.15, 0.2) is 0 Å². The van der Waals surface area contributed by atoms with E-state index in [1.165, 1.54) is 0 Å². The topological polar surface area (TPSA) is 67.6 Å². The summed E-state index contributed by atoms with van der Waals surface area (Å²) in [5.41, 5.74) is 6.46. The second-order valence-corrected chi connectivity index (χ2v) is 4.16. The Morgan fingerprint density at radius 3 is 2.61 bits per heavy atom. The molecule has 1 aromatic rings. The number of ether oxygens (including phenoxy) is 1. The summed E-state index contributed by atoms with van der Waals surface area (Å²) in [6, 6.07) is 7.82. The number of nitrogens with two attached hydrogens (primary N) is 1. The molecule has 3 N–H and O–H groups in total. The molecule has 0 heterocycles. The molecule has 0 aliphatic rings. The van der Waals surface area contributed by atoms with Crippen molar-refractivity contribution < 1.29 is 9.53 Å². The van der Waals surface area contributed by atoms with Crippen molar-refractivity contribution in [1.82, 2.24) is 10.2 Å². The number of nitrogens with one attached hydrogen (secondary N) is 1. The first-order chi connectivity index (χ1) is 8.65. The standard InChI is InChI=1S/C13H21N3O2/c1-16(10-13(17)15-8-7-14)9-11-3-5-12(18-2)6-4-11/h3-6H,7-10,14H2,1-2H3,(H,15,17). The summed E-state index contributed by atoms with van der Waals surface area (Å²) in [6.07, 6.45) is 0. The lowest BCUT2D eigenvalue weighted by Gasteiger charge is -2.16. The second-order valence-electron chi connectivity index (χ2n) is 4.16. The predicted octanol–water partition coefficient (Wildman–Crippen LogP) is 0.202. The van der Waals surface area contributed by atoms with Gasteiger partial charge in [-0.15, -0.1) is 0 Å². The van der Waals surface area contributed by atoms with Crippen LogP contribution in [0.4, 0.5) is 0 Å². The predicted molar refractivity (Wildman–Crippen MR) is 71.4 cm³/mol. The third kappa shape index (κ3) is 5.16. The van der Waals surface area contributed by atoms with Gasteiger partial charge in [-0.3, -0.25) is 9.69 Å². The molecule has 0 saturated heterocycles. The van der Waals surface area contributed by atoms with Gasteiger partial charge in [0.2, 0.25) is 5.91 Å². The van der Waals surface area contributed by atoms with Gasteiger partial charge in [-0.25, -0.2) is 0 Å². The fourth-order valence-electron chi connectivity index (χ4n) is 1.61. The van der Waals surface area contributed by atoms with E-state index in [4.69, 9.17) is 10.5 Å². The van der Waals surface area contributed by atoms with Crippen LogP contribution in [0.5, 0.6) is 5.75 Å².